The molecule has 0 N–H and O–H groups in total. The van der Waals surface area contributed by atoms with E-state index in [1.807, 2.05) is 24.4 Å². The summed E-state index contributed by atoms with van der Waals surface area (Å²) >= 11 is 0. The van der Waals surface area contributed by atoms with Crippen molar-refractivity contribution in [3.8, 4) is 28.1 Å². The van der Waals surface area contributed by atoms with Gasteiger partial charge in [0.05, 0.1) is 12.3 Å². The van der Waals surface area contributed by atoms with Crippen molar-refractivity contribution in [3.63, 3.8) is 0 Å². The molecule has 0 spiro atoms. The topological polar surface area (TPSA) is 35.3 Å². The average Bonchev–Trinajstić information content (AvgIpc) is 3.49. The number of aromatic nitrogens is 1. The lowest BCUT2D eigenvalue weighted by Crippen LogP contribution is -1.88. The minimum absolute atomic E-state index is 0.719. The largest absolute Gasteiger partial charge is 0.492 e. The second-order valence-electron chi connectivity index (χ2n) is 8.23. The molecule has 1 aliphatic rings. The molecule has 0 radical (unpaired) electrons. The highest BCUT2D eigenvalue weighted by Gasteiger charge is 2.23. The molecule has 0 bridgehead atoms. The Morgan fingerprint density at radius 2 is 1.41 bits per heavy atom. The first kappa shape index (κ1) is 17.6. The molecular weight excluding hydrogens is 394 g/mol. The molecule has 152 valence electrons. The predicted molar refractivity (Wildman–Crippen MR) is 129 cm³/mol. The van der Waals surface area contributed by atoms with Crippen LogP contribution in [0.2, 0.25) is 0 Å². The van der Waals surface area contributed by atoms with Crippen molar-refractivity contribution in [2.24, 2.45) is 0 Å². The van der Waals surface area contributed by atoms with Gasteiger partial charge in [-0.25, -0.2) is 0 Å². The molecule has 0 atom stereocenters. The maximum Gasteiger partial charge on any atom is 0.144 e. The second kappa shape index (κ2) is 6.69. The van der Waals surface area contributed by atoms with Gasteiger partial charge in [-0.2, -0.15) is 0 Å². The van der Waals surface area contributed by atoms with E-state index in [0.717, 1.165) is 57.5 Å². The van der Waals surface area contributed by atoms with E-state index in [4.69, 9.17) is 9.15 Å². The summed E-state index contributed by atoms with van der Waals surface area (Å²) in [6, 6.07) is 29.4. The molecule has 0 fully saturated rings. The maximum absolute atomic E-state index is 6.61. The summed E-state index contributed by atoms with van der Waals surface area (Å²) in [5.41, 5.74) is 7.29. The first-order chi connectivity index (χ1) is 15.9. The third-order valence-electron chi connectivity index (χ3n) is 6.46. The normalized spacial score (nSPS) is 13.0. The van der Waals surface area contributed by atoms with E-state index in [-0.39, 0.29) is 0 Å². The van der Waals surface area contributed by atoms with Crippen LogP contribution in [0.3, 0.4) is 0 Å². The summed E-state index contributed by atoms with van der Waals surface area (Å²) in [5.74, 6) is 1.01. The second-order valence-corrected chi connectivity index (χ2v) is 8.23. The Bertz CT molecular complexity index is 1650. The number of para-hydroxylation sites is 2. The van der Waals surface area contributed by atoms with E-state index in [9.17, 15) is 0 Å². The van der Waals surface area contributed by atoms with Crippen molar-refractivity contribution in [2.75, 3.05) is 6.61 Å². The number of furan rings is 1. The average molecular weight is 413 g/mol. The molecule has 4 aromatic carbocycles. The Morgan fingerprint density at radius 3 is 2.25 bits per heavy atom. The van der Waals surface area contributed by atoms with Gasteiger partial charge in [-0.3, -0.25) is 4.98 Å². The zero-order valence-corrected chi connectivity index (χ0v) is 17.3. The summed E-state index contributed by atoms with van der Waals surface area (Å²) in [5, 5.41) is 4.60. The van der Waals surface area contributed by atoms with E-state index in [2.05, 4.69) is 71.7 Å². The molecular formula is C29H19NO2. The van der Waals surface area contributed by atoms with E-state index >= 15 is 0 Å². The summed E-state index contributed by atoms with van der Waals surface area (Å²) in [6.45, 7) is 0.719. The fourth-order valence-corrected chi connectivity index (χ4v) is 5.02. The van der Waals surface area contributed by atoms with Gasteiger partial charge in [0.1, 0.15) is 16.9 Å². The first-order valence-electron chi connectivity index (χ1n) is 10.9. The van der Waals surface area contributed by atoms with E-state index < -0.39 is 0 Å². The lowest BCUT2D eigenvalue weighted by molar-refractivity contribution is 0.360. The molecule has 1 aliphatic heterocycles. The Kier molecular flexibility index (Phi) is 3.67. The van der Waals surface area contributed by atoms with Crippen molar-refractivity contribution < 1.29 is 9.15 Å². The van der Waals surface area contributed by atoms with Gasteiger partial charge in [0.2, 0.25) is 0 Å². The monoisotopic (exact) mass is 413 g/mol. The third-order valence-corrected chi connectivity index (χ3v) is 6.46. The van der Waals surface area contributed by atoms with E-state index in [0.29, 0.717) is 0 Å². The van der Waals surface area contributed by atoms with Crippen LogP contribution >= 0.6 is 0 Å². The van der Waals surface area contributed by atoms with Crippen LogP contribution in [0.25, 0.3) is 55.1 Å². The zero-order chi connectivity index (χ0) is 21.1. The molecule has 2 aromatic heterocycles. The number of rotatable bonds is 2. The Morgan fingerprint density at radius 1 is 0.656 bits per heavy atom. The van der Waals surface area contributed by atoms with E-state index in [1.54, 1.807) is 0 Å². The highest BCUT2D eigenvalue weighted by molar-refractivity contribution is 6.13. The van der Waals surface area contributed by atoms with Crippen LogP contribution in [0.1, 0.15) is 5.56 Å². The molecule has 0 saturated carbocycles. The van der Waals surface area contributed by atoms with Gasteiger partial charge >= 0.3 is 0 Å². The summed E-state index contributed by atoms with van der Waals surface area (Å²) in [7, 11) is 0. The number of ether oxygens (including phenoxy) is 1. The zero-order valence-electron chi connectivity index (χ0n) is 17.3. The van der Waals surface area contributed by atoms with Gasteiger partial charge in [-0.05, 0) is 35.2 Å². The SMILES string of the molecule is c1ccc(-c2cccc3c2oc2c(-c4cc5ccccc5c5c4CCO5)cccc23)nc1. The maximum atomic E-state index is 6.61. The fraction of sp³-hybridized carbons (Fsp3) is 0.0690. The Balaban J connectivity index is 1.55. The highest BCUT2D eigenvalue weighted by atomic mass is 16.5. The highest BCUT2D eigenvalue weighted by Crippen LogP contribution is 2.45. The van der Waals surface area contributed by atoms with Crippen LogP contribution in [0.5, 0.6) is 5.75 Å². The lowest BCUT2D eigenvalue weighted by Gasteiger charge is -2.11. The fourth-order valence-electron chi connectivity index (χ4n) is 5.02. The smallest absolute Gasteiger partial charge is 0.144 e. The van der Waals surface area contributed by atoms with Gasteiger partial charge in [-0.1, -0.05) is 60.7 Å². The number of hydrogen-bond donors (Lipinski definition) is 0. The number of pyridine rings is 1. The minimum Gasteiger partial charge on any atom is -0.492 e. The molecule has 3 nitrogen and oxygen atoms in total. The van der Waals surface area contributed by atoms with Crippen molar-refractivity contribution in [1.29, 1.82) is 0 Å². The summed E-state index contributed by atoms with van der Waals surface area (Å²) in [4.78, 5) is 4.55. The molecule has 3 heterocycles. The number of hydrogen-bond acceptors (Lipinski definition) is 3. The molecule has 0 unspecified atom stereocenters. The van der Waals surface area contributed by atoms with Crippen LogP contribution < -0.4 is 4.74 Å². The Labute approximate surface area is 184 Å². The molecule has 6 aromatic rings. The molecule has 7 rings (SSSR count). The number of nitrogens with zero attached hydrogens (tertiary/aromatic N) is 1. The Hall–Kier alpha value is -4.11. The predicted octanol–water partition coefficient (Wildman–Crippen LogP) is 7.40. The van der Waals surface area contributed by atoms with Crippen LogP contribution in [-0.2, 0) is 6.42 Å². The quantitative estimate of drug-likeness (QED) is 0.297. The minimum atomic E-state index is 0.719. The third kappa shape index (κ3) is 2.45. The van der Waals surface area contributed by atoms with Crippen LogP contribution in [0, 0.1) is 0 Å². The van der Waals surface area contributed by atoms with Crippen LogP contribution in [-0.4, -0.2) is 11.6 Å². The van der Waals surface area contributed by atoms with Crippen LogP contribution in [0.4, 0.5) is 0 Å². The molecule has 0 aliphatic carbocycles. The van der Waals surface area contributed by atoms with Gasteiger partial charge in [-0.15, -0.1) is 0 Å². The van der Waals surface area contributed by atoms with Gasteiger partial charge in [0.25, 0.3) is 0 Å². The molecule has 3 heteroatoms. The van der Waals surface area contributed by atoms with Crippen molar-refractivity contribution in [3.05, 3.63) is 96.7 Å². The van der Waals surface area contributed by atoms with Crippen molar-refractivity contribution in [2.45, 2.75) is 6.42 Å². The van der Waals surface area contributed by atoms with Crippen molar-refractivity contribution >= 4 is 32.7 Å². The van der Waals surface area contributed by atoms with E-state index in [1.165, 1.54) is 21.9 Å². The lowest BCUT2D eigenvalue weighted by atomic mass is 9.93. The van der Waals surface area contributed by atoms with Gasteiger partial charge in [0, 0.05) is 45.5 Å². The standard InChI is InChI=1S/C29H19NO2/c1-2-8-19-18(7-1)17-25(23-14-16-31-27(19)23)22-11-5-9-20-21-10-6-12-24(29(21)32-28(20)22)26-13-3-4-15-30-26/h1-13,15,17H,14,16H2. The van der Waals surface area contributed by atoms with Crippen molar-refractivity contribution in [1.82, 2.24) is 4.98 Å². The number of benzene rings is 4. The first-order valence-corrected chi connectivity index (χ1v) is 10.9. The summed E-state index contributed by atoms with van der Waals surface area (Å²) < 4.78 is 12.7. The molecule has 0 amide bonds. The van der Waals surface area contributed by atoms with Gasteiger partial charge in [0.15, 0.2) is 0 Å². The van der Waals surface area contributed by atoms with Crippen LogP contribution in [0.15, 0.2) is 95.5 Å². The summed E-state index contributed by atoms with van der Waals surface area (Å²) in [6.07, 6.45) is 2.73. The molecule has 32 heavy (non-hydrogen) atoms. The van der Waals surface area contributed by atoms with Gasteiger partial charge < -0.3 is 9.15 Å². The molecule has 0 saturated heterocycles. The number of fused-ring (bicyclic) bond motifs is 6.